The summed E-state index contributed by atoms with van der Waals surface area (Å²) in [4.78, 5) is 28.0. The van der Waals surface area contributed by atoms with Gasteiger partial charge in [-0.3, -0.25) is 4.79 Å². The van der Waals surface area contributed by atoms with Gasteiger partial charge in [-0.15, -0.1) is 0 Å². The van der Waals surface area contributed by atoms with Gasteiger partial charge in [0.15, 0.2) is 0 Å². The van der Waals surface area contributed by atoms with Crippen LogP contribution in [0.25, 0.3) is 0 Å². The lowest BCUT2D eigenvalue weighted by molar-refractivity contribution is -0.138. The van der Waals surface area contributed by atoms with Crippen molar-refractivity contribution in [2.24, 2.45) is 5.16 Å². The normalized spacial score (nSPS) is 10.9. The van der Waals surface area contributed by atoms with Gasteiger partial charge in [-0.1, -0.05) is 65.8 Å². The first-order chi connectivity index (χ1) is 9.68. The number of benzene rings is 2. The predicted octanol–water partition coefficient (Wildman–Crippen LogP) is 2.84. The average molecular weight is 267 g/mol. The van der Waals surface area contributed by atoms with Gasteiger partial charge in [0, 0.05) is 5.56 Å². The highest BCUT2D eigenvalue weighted by Gasteiger charge is 2.17. The maximum atomic E-state index is 11.7. The Labute approximate surface area is 116 Å². The summed E-state index contributed by atoms with van der Waals surface area (Å²) in [5.74, 6) is -1.71. The predicted molar refractivity (Wildman–Crippen MR) is 75.5 cm³/mol. The van der Waals surface area contributed by atoms with E-state index in [1.165, 1.54) is 0 Å². The Hall–Kier alpha value is -2.75. The Morgan fingerprint density at radius 2 is 1.35 bits per heavy atom. The average Bonchev–Trinajstić information content (AvgIpc) is 2.53. The lowest BCUT2D eigenvalue weighted by Crippen LogP contribution is -2.16. The number of carbonyl (C=O) groups is 2. The lowest BCUT2D eigenvalue weighted by Gasteiger charge is -2.00. The van der Waals surface area contributed by atoms with Crippen LogP contribution in [0, 0.1) is 0 Å². The zero-order valence-electron chi connectivity index (χ0n) is 10.9. The smallest absolute Gasteiger partial charge is 0.309 e. The molecule has 0 aliphatic rings. The summed E-state index contributed by atoms with van der Waals surface area (Å²) in [7, 11) is 0. The summed E-state index contributed by atoms with van der Waals surface area (Å²) >= 11 is 0. The Morgan fingerprint density at radius 1 is 0.850 bits per heavy atom. The summed E-state index contributed by atoms with van der Waals surface area (Å²) in [6.45, 7) is 1.70. The molecule has 4 nitrogen and oxygen atoms in total. The Balaban J connectivity index is 2.04. The molecular formula is C16H13NO3. The molecule has 0 heterocycles. The van der Waals surface area contributed by atoms with Crippen molar-refractivity contribution >= 4 is 17.5 Å². The maximum Gasteiger partial charge on any atom is 0.405 e. The molecule has 0 unspecified atom stereocenters. The van der Waals surface area contributed by atoms with E-state index in [1.54, 1.807) is 37.3 Å². The Bertz CT molecular complexity index is 633. The van der Waals surface area contributed by atoms with Crippen LogP contribution < -0.4 is 0 Å². The largest absolute Gasteiger partial charge is 0.405 e. The standard InChI is InChI=1S/C16H13NO3/c1-12(13-8-4-2-5-9-13)17-20-16(19)15(18)14-10-6-3-7-11-14/h2-11H,1H3/b17-12+. The second-order valence-corrected chi connectivity index (χ2v) is 4.12. The lowest BCUT2D eigenvalue weighted by atomic mass is 10.1. The molecule has 0 aliphatic carbocycles. The van der Waals surface area contributed by atoms with Gasteiger partial charge in [0.25, 0.3) is 5.78 Å². The van der Waals surface area contributed by atoms with Crippen molar-refractivity contribution in [2.45, 2.75) is 6.92 Å². The molecule has 0 atom stereocenters. The van der Waals surface area contributed by atoms with Crippen molar-refractivity contribution in [1.29, 1.82) is 0 Å². The Morgan fingerprint density at radius 3 is 1.90 bits per heavy atom. The van der Waals surface area contributed by atoms with E-state index in [2.05, 4.69) is 9.99 Å². The molecule has 0 aromatic heterocycles. The molecule has 0 saturated carbocycles. The van der Waals surface area contributed by atoms with Gasteiger partial charge < -0.3 is 4.84 Å². The second-order valence-electron chi connectivity index (χ2n) is 4.12. The van der Waals surface area contributed by atoms with E-state index in [-0.39, 0.29) is 5.56 Å². The first kappa shape index (κ1) is 13.7. The molecule has 100 valence electrons. The van der Waals surface area contributed by atoms with Gasteiger partial charge in [-0.25, -0.2) is 4.79 Å². The van der Waals surface area contributed by atoms with Gasteiger partial charge in [0.05, 0.1) is 5.71 Å². The summed E-state index contributed by atoms with van der Waals surface area (Å²) in [6.07, 6.45) is 0. The number of hydrogen-bond acceptors (Lipinski definition) is 4. The molecule has 2 aromatic carbocycles. The number of ketones is 1. The fraction of sp³-hybridized carbons (Fsp3) is 0.0625. The second kappa shape index (κ2) is 6.43. The zero-order chi connectivity index (χ0) is 14.4. The van der Waals surface area contributed by atoms with Crippen LogP contribution >= 0.6 is 0 Å². The van der Waals surface area contributed by atoms with Gasteiger partial charge >= 0.3 is 5.97 Å². The van der Waals surface area contributed by atoms with Crippen molar-refractivity contribution in [3.05, 3.63) is 71.8 Å². The summed E-state index contributed by atoms with van der Waals surface area (Å²) < 4.78 is 0. The van der Waals surface area contributed by atoms with Crippen LogP contribution in [0.5, 0.6) is 0 Å². The molecule has 0 saturated heterocycles. The van der Waals surface area contributed by atoms with Gasteiger partial charge in [-0.2, -0.15) is 0 Å². The molecule has 0 amide bonds. The number of rotatable bonds is 4. The van der Waals surface area contributed by atoms with Crippen LogP contribution in [0.4, 0.5) is 0 Å². The van der Waals surface area contributed by atoms with Crippen LogP contribution in [0.1, 0.15) is 22.8 Å². The topological polar surface area (TPSA) is 55.7 Å². The fourth-order valence-electron chi connectivity index (χ4n) is 1.59. The third-order valence-corrected chi connectivity index (χ3v) is 2.68. The van der Waals surface area contributed by atoms with Crippen molar-refractivity contribution in [2.75, 3.05) is 0 Å². The summed E-state index contributed by atoms with van der Waals surface area (Å²) in [6, 6.07) is 17.5. The number of Topliss-reactive ketones (excluding diaryl/α,β-unsaturated/α-hetero) is 1. The van der Waals surface area contributed by atoms with Crippen molar-refractivity contribution < 1.29 is 14.4 Å². The molecule has 0 aliphatic heterocycles. The first-order valence-corrected chi connectivity index (χ1v) is 6.09. The monoisotopic (exact) mass is 267 g/mol. The van der Waals surface area contributed by atoms with E-state index >= 15 is 0 Å². The highest BCUT2D eigenvalue weighted by Crippen LogP contribution is 2.04. The molecule has 20 heavy (non-hydrogen) atoms. The number of oxime groups is 1. The molecule has 0 N–H and O–H groups in total. The number of hydrogen-bond donors (Lipinski definition) is 0. The van der Waals surface area contributed by atoms with Crippen LogP contribution in [0.2, 0.25) is 0 Å². The van der Waals surface area contributed by atoms with Gasteiger partial charge in [0.2, 0.25) is 0 Å². The van der Waals surface area contributed by atoms with E-state index in [0.717, 1.165) is 5.56 Å². The van der Waals surface area contributed by atoms with Gasteiger partial charge in [-0.05, 0) is 12.5 Å². The third-order valence-electron chi connectivity index (χ3n) is 2.68. The molecule has 0 bridgehead atoms. The molecule has 0 fully saturated rings. The molecule has 0 radical (unpaired) electrons. The third kappa shape index (κ3) is 3.38. The SMILES string of the molecule is C/C(=N\OC(=O)C(=O)c1ccccc1)c1ccccc1. The molecule has 2 rings (SSSR count). The highest BCUT2D eigenvalue weighted by atomic mass is 16.7. The summed E-state index contributed by atoms with van der Waals surface area (Å²) in [5.41, 5.74) is 1.64. The first-order valence-electron chi connectivity index (χ1n) is 6.09. The van der Waals surface area contributed by atoms with Crippen LogP contribution in [0.3, 0.4) is 0 Å². The number of carbonyl (C=O) groups excluding carboxylic acids is 2. The van der Waals surface area contributed by atoms with Crippen molar-refractivity contribution in [1.82, 2.24) is 0 Å². The fourth-order valence-corrected chi connectivity index (χ4v) is 1.59. The summed E-state index contributed by atoms with van der Waals surface area (Å²) in [5, 5.41) is 3.69. The molecular weight excluding hydrogens is 254 g/mol. The minimum absolute atomic E-state index is 0.282. The van der Waals surface area contributed by atoms with Crippen molar-refractivity contribution in [3.8, 4) is 0 Å². The molecule has 4 heteroatoms. The molecule has 0 spiro atoms. The minimum Gasteiger partial charge on any atom is -0.309 e. The Kier molecular flexibility index (Phi) is 4.39. The van der Waals surface area contributed by atoms with Crippen LogP contribution in [-0.2, 0) is 9.63 Å². The van der Waals surface area contributed by atoms with Crippen molar-refractivity contribution in [3.63, 3.8) is 0 Å². The number of nitrogens with zero attached hydrogens (tertiary/aromatic N) is 1. The highest BCUT2D eigenvalue weighted by molar-refractivity contribution is 6.40. The quantitative estimate of drug-likeness (QED) is 0.281. The van der Waals surface area contributed by atoms with E-state index in [9.17, 15) is 9.59 Å². The minimum atomic E-state index is -0.994. The van der Waals surface area contributed by atoms with Gasteiger partial charge in [0.1, 0.15) is 0 Å². The van der Waals surface area contributed by atoms with E-state index < -0.39 is 11.8 Å². The van der Waals surface area contributed by atoms with Crippen LogP contribution in [-0.4, -0.2) is 17.5 Å². The maximum absolute atomic E-state index is 11.7. The van der Waals surface area contributed by atoms with E-state index in [1.807, 2.05) is 30.3 Å². The van der Waals surface area contributed by atoms with E-state index in [4.69, 9.17) is 0 Å². The van der Waals surface area contributed by atoms with E-state index in [0.29, 0.717) is 5.71 Å². The van der Waals surface area contributed by atoms with Crippen LogP contribution in [0.15, 0.2) is 65.8 Å². The zero-order valence-corrected chi connectivity index (χ0v) is 10.9. The molecule has 2 aromatic rings.